The topological polar surface area (TPSA) is 70.5 Å². The Labute approximate surface area is 170 Å². The number of rotatable bonds is 4. The summed E-state index contributed by atoms with van der Waals surface area (Å²) in [6, 6.07) is 19.1. The number of carboxylic acids is 1. The Hall–Kier alpha value is -3.21. The van der Waals surface area contributed by atoms with Crippen molar-refractivity contribution in [2.75, 3.05) is 13.1 Å². The van der Waals surface area contributed by atoms with Gasteiger partial charge in [0.15, 0.2) is 0 Å². The number of nitrogens with zero attached hydrogens (tertiary/aromatic N) is 2. The Kier molecular flexibility index (Phi) is 5.05. The molecule has 1 saturated heterocycles. The van der Waals surface area contributed by atoms with E-state index in [4.69, 9.17) is 0 Å². The molecule has 1 aliphatic heterocycles. The minimum Gasteiger partial charge on any atom is -0.481 e. The van der Waals surface area contributed by atoms with Gasteiger partial charge in [-0.3, -0.25) is 14.6 Å². The molecular formula is C24H24N2O3. The van der Waals surface area contributed by atoms with Gasteiger partial charge in [0.1, 0.15) is 0 Å². The van der Waals surface area contributed by atoms with Crippen LogP contribution in [0.2, 0.25) is 0 Å². The highest BCUT2D eigenvalue weighted by Gasteiger charge is 2.41. The number of likely N-dealkylation sites (tertiary alicyclic amines) is 1. The molecule has 0 saturated carbocycles. The van der Waals surface area contributed by atoms with Gasteiger partial charge in [0, 0.05) is 30.1 Å². The van der Waals surface area contributed by atoms with Crippen LogP contribution in [-0.2, 0) is 4.79 Å². The molecule has 148 valence electrons. The Morgan fingerprint density at radius 2 is 1.72 bits per heavy atom. The van der Waals surface area contributed by atoms with Gasteiger partial charge in [-0.2, -0.15) is 0 Å². The summed E-state index contributed by atoms with van der Waals surface area (Å²) in [4.78, 5) is 31.8. The maximum absolute atomic E-state index is 13.5. The molecular weight excluding hydrogens is 364 g/mol. The molecule has 1 aromatic heterocycles. The highest BCUT2D eigenvalue weighted by atomic mass is 16.4. The standard InChI is InChI=1S/C24H24N2O3/c1-15(2)22-12-18(17-10-6-7-11-21(17)25-22)23(27)26-13-19(20(14-26)24(28)29)16-8-4-3-5-9-16/h3-12,15,19-20H,13-14H2,1-2H3,(H,28,29). The first kappa shape index (κ1) is 19.1. The van der Waals surface area contributed by atoms with Crippen LogP contribution >= 0.6 is 0 Å². The van der Waals surface area contributed by atoms with E-state index in [0.717, 1.165) is 22.2 Å². The van der Waals surface area contributed by atoms with Gasteiger partial charge >= 0.3 is 5.97 Å². The molecule has 1 fully saturated rings. The van der Waals surface area contributed by atoms with Crippen LogP contribution in [0.15, 0.2) is 60.7 Å². The molecule has 5 heteroatoms. The second kappa shape index (κ2) is 7.66. The molecule has 1 amide bonds. The fraction of sp³-hybridized carbons (Fsp3) is 0.292. The second-order valence-corrected chi connectivity index (χ2v) is 7.94. The Morgan fingerprint density at radius 3 is 2.41 bits per heavy atom. The lowest BCUT2D eigenvalue weighted by Crippen LogP contribution is -2.30. The van der Waals surface area contributed by atoms with Crippen LogP contribution in [0.25, 0.3) is 10.9 Å². The van der Waals surface area contributed by atoms with E-state index >= 15 is 0 Å². The number of benzene rings is 2. The maximum Gasteiger partial charge on any atom is 0.308 e. The van der Waals surface area contributed by atoms with Crippen LogP contribution in [0.3, 0.4) is 0 Å². The molecule has 2 aromatic carbocycles. The molecule has 5 nitrogen and oxygen atoms in total. The van der Waals surface area contributed by atoms with Crippen molar-refractivity contribution in [2.24, 2.45) is 5.92 Å². The average molecular weight is 388 g/mol. The summed E-state index contributed by atoms with van der Waals surface area (Å²) in [6.45, 7) is 4.70. The Morgan fingerprint density at radius 1 is 1.03 bits per heavy atom. The zero-order valence-corrected chi connectivity index (χ0v) is 16.6. The fourth-order valence-electron chi connectivity index (χ4n) is 4.10. The Balaban J connectivity index is 1.72. The number of aliphatic carboxylic acids is 1. The van der Waals surface area contributed by atoms with Crippen molar-refractivity contribution in [3.63, 3.8) is 0 Å². The molecule has 0 spiro atoms. The number of aromatic nitrogens is 1. The monoisotopic (exact) mass is 388 g/mol. The molecule has 29 heavy (non-hydrogen) atoms. The number of amides is 1. The van der Waals surface area contributed by atoms with E-state index in [0.29, 0.717) is 12.1 Å². The van der Waals surface area contributed by atoms with Crippen LogP contribution < -0.4 is 0 Å². The summed E-state index contributed by atoms with van der Waals surface area (Å²) in [5.41, 5.74) is 3.20. The van der Waals surface area contributed by atoms with E-state index in [-0.39, 0.29) is 24.3 Å². The highest BCUT2D eigenvalue weighted by Crippen LogP contribution is 2.34. The van der Waals surface area contributed by atoms with Crippen LogP contribution in [0, 0.1) is 5.92 Å². The molecule has 2 unspecified atom stereocenters. The van der Waals surface area contributed by atoms with Crippen molar-refractivity contribution < 1.29 is 14.7 Å². The van der Waals surface area contributed by atoms with E-state index < -0.39 is 11.9 Å². The van der Waals surface area contributed by atoms with Gasteiger partial charge in [-0.1, -0.05) is 62.4 Å². The van der Waals surface area contributed by atoms with Gasteiger partial charge in [-0.25, -0.2) is 0 Å². The molecule has 2 atom stereocenters. The van der Waals surface area contributed by atoms with Crippen molar-refractivity contribution >= 4 is 22.8 Å². The lowest BCUT2D eigenvalue weighted by molar-refractivity contribution is -0.141. The second-order valence-electron chi connectivity index (χ2n) is 7.94. The number of carbonyl (C=O) groups excluding carboxylic acids is 1. The van der Waals surface area contributed by atoms with Crippen molar-refractivity contribution in [3.05, 3.63) is 77.5 Å². The predicted octanol–water partition coefficient (Wildman–Crippen LogP) is 4.30. The van der Waals surface area contributed by atoms with Crippen LogP contribution in [-0.4, -0.2) is 40.0 Å². The molecule has 4 rings (SSSR count). The van der Waals surface area contributed by atoms with E-state index in [2.05, 4.69) is 4.98 Å². The zero-order valence-electron chi connectivity index (χ0n) is 16.6. The van der Waals surface area contributed by atoms with Crippen LogP contribution in [0.1, 0.15) is 47.3 Å². The van der Waals surface area contributed by atoms with Gasteiger partial charge in [-0.15, -0.1) is 0 Å². The summed E-state index contributed by atoms with van der Waals surface area (Å²) in [5.74, 6) is -1.63. The zero-order chi connectivity index (χ0) is 20.5. The maximum atomic E-state index is 13.5. The summed E-state index contributed by atoms with van der Waals surface area (Å²) in [5, 5.41) is 10.6. The van der Waals surface area contributed by atoms with Gasteiger partial charge in [0.2, 0.25) is 0 Å². The van der Waals surface area contributed by atoms with Gasteiger partial charge in [0.25, 0.3) is 5.91 Å². The van der Waals surface area contributed by atoms with E-state index in [1.54, 1.807) is 4.90 Å². The van der Waals surface area contributed by atoms with Crippen molar-refractivity contribution in [3.8, 4) is 0 Å². The van der Waals surface area contributed by atoms with E-state index in [1.165, 1.54) is 0 Å². The first-order valence-corrected chi connectivity index (χ1v) is 9.92. The third-order valence-electron chi connectivity index (χ3n) is 5.71. The molecule has 1 N–H and O–H groups in total. The molecule has 1 aliphatic rings. The average Bonchev–Trinajstić information content (AvgIpc) is 3.19. The molecule has 3 aromatic rings. The van der Waals surface area contributed by atoms with E-state index in [1.807, 2.05) is 74.5 Å². The lowest BCUT2D eigenvalue weighted by Gasteiger charge is -2.19. The first-order valence-electron chi connectivity index (χ1n) is 9.92. The van der Waals surface area contributed by atoms with Gasteiger partial charge < -0.3 is 10.0 Å². The summed E-state index contributed by atoms with van der Waals surface area (Å²) >= 11 is 0. The van der Waals surface area contributed by atoms with Crippen LogP contribution in [0.5, 0.6) is 0 Å². The summed E-state index contributed by atoms with van der Waals surface area (Å²) in [6.07, 6.45) is 0. The first-order chi connectivity index (χ1) is 14.0. The number of fused-ring (bicyclic) bond motifs is 1. The van der Waals surface area contributed by atoms with Crippen LogP contribution in [0.4, 0.5) is 0 Å². The Bertz CT molecular complexity index is 1060. The minimum atomic E-state index is -0.864. The number of hydrogen-bond donors (Lipinski definition) is 1. The lowest BCUT2D eigenvalue weighted by atomic mass is 9.89. The fourth-order valence-corrected chi connectivity index (χ4v) is 4.10. The molecule has 0 radical (unpaired) electrons. The molecule has 0 bridgehead atoms. The quantitative estimate of drug-likeness (QED) is 0.723. The number of para-hydroxylation sites is 1. The normalized spacial score (nSPS) is 19.1. The predicted molar refractivity (Wildman–Crippen MR) is 112 cm³/mol. The number of carboxylic acid groups (broad SMARTS) is 1. The third kappa shape index (κ3) is 3.60. The molecule has 0 aliphatic carbocycles. The summed E-state index contributed by atoms with van der Waals surface area (Å²) < 4.78 is 0. The van der Waals surface area contributed by atoms with E-state index in [9.17, 15) is 14.7 Å². The van der Waals surface area contributed by atoms with Gasteiger partial charge in [-0.05, 0) is 23.6 Å². The molecule has 2 heterocycles. The summed E-state index contributed by atoms with van der Waals surface area (Å²) in [7, 11) is 0. The van der Waals surface area contributed by atoms with Crippen molar-refractivity contribution in [2.45, 2.75) is 25.7 Å². The van der Waals surface area contributed by atoms with Gasteiger partial charge in [0.05, 0.1) is 17.0 Å². The smallest absolute Gasteiger partial charge is 0.308 e. The number of pyridine rings is 1. The van der Waals surface area contributed by atoms with Crippen molar-refractivity contribution in [1.29, 1.82) is 0 Å². The third-order valence-corrected chi connectivity index (χ3v) is 5.71. The number of hydrogen-bond acceptors (Lipinski definition) is 3. The SMILES string of the molecule is CC(C)c1cc(C(=O)N2CC(C(=O)O)C(c3ccccc3)C2)c2ccccc2n1. The number of carbonyl (C=O) groups is 2. The van der Waals surface area contributed by atoms with Crippen molar-refractivity contribution in [1.82, 2.24) is 9.88 Å². The largest absolute Gasteiger partial charge is 0.481 e. The minimum absolute atomic E-state index is 0.129. The highest BCUT2D eigenvalue weighted by molar-refractivity contribution is 6.06.